The van der Waals surface area contributed by atoms with Gasteiger partial charge in [-0.3, -0.25) is 19.4 Å². The van der Waals surface area contributed by atoms with Crippen LogP contribution in [-0.2, 0) is 22.7 Å². The Kier molecular flexibility index (Phi) is 8.98. The van der Waals surface area contributed by atoms with Crippen molar-refractivity contribution in [3.05, 3.63) is 94.0 Å². The van der Waals surface area contributed by atoms with Gasteiger partial charge < -0.3 is 19.3 Å². The van der Waals surface area contributed by atoms with Gasteiger partial charge in [-0.2, -0.15) is 0 Å². The quantitative estimate of drug-likeness (QED) is 0.226. The largest absolute Gasteiger partial charge is 0.492 e. The molecule has 0 unspecified atom stereocenters. The Morgan fingerprint density at radius 1 is 0.600 bits per heavy atom. The minimum absolute atomic E-state index is 0.134. The molecule has 0 spiro atoms. The van der Waals surface area contributed by atoms with Crippen molar-refractivity contribution in [2.45, 2.75) is 39.0 Å². The van der Waals surface area contributed by atoms with Gasteiger partial charge in [-0.15, -0.1) is 0 Å². The van der Waals surface area contributed by atoms with Crippen molar-refractivity contribution in [1.82, 2.24) is 19.6 Å². The Bertz CT molecular complexity index is 1830. The molecule has 0 aliphatic carbocycles. The Morgan fingerprint density at radius 2 is 1.00 bits per heavy atom. The van der Waals surface area contributed by atoms with Gasteiger partial charge in [0.05, 0.1) is 10.0 Å². The fraction of sp³-hybridized carbons (Fsp3) is 0.350. The molecule has 4 aromatic rings. The SMILES string of the molecule is CC(=O)N1CC(N2CCOc3cc(-c4cccc(-c5cccc(-c6ccc7c(c6)OCCN(C6CN(C(C)=O)C6)C7)c5Cl)c4Cl)ccc3C2)C1. The highest BCUT2D eigenvalue weighted by Crippen LogP contribution is 2.44. The van der Waals surface area contributed by atoms with Crippen LogP contribution in [0.25, 0.3) is 33.4 Å². The lowest BCUT2D eigenvalue weighted by molar-refractivity contribution is -0.137. The van der Waals surface area contributed by atoms with E-state index < -0.39 is 0 Å². The number of hydrogen-bond donors (Lipinski definition) is 0. The molecule has 10 heteroatoms. The van der Waals surface area contributed by atoms with E-state index in [2.05, 4.69) is 46.2 Å². The normalized spacial score (nSPS) is 18.5. The minimum atomic E-state index is 0.134. The van der Waals surface area contributed by atoms with Gasteiger partial charge in [-0.25, -0.2) is 0 Å². The number of rotatable bonds is 5. The number of nitrogens with zero attached hydrogens (tertiary/aromatic N) is 4. The summed E-state index contributed by atoms with van der Waals surface area (Å²) in [6.07, 6.45) is 0. The minimum Gasteiger partial charge on any atom is -0.492 e. The van der Waals surface area contributed by atoms with Crippen LogP contribution < -0.4 is 9.47 Å². The maximum Gasteiger partial charge on any atom is 0.219 e. The van der Waals surface area contributed by atoms with Gasteiger partial charge in [-0.1, -0.05) is 83.9 Å². The molecule has 50 heavy (non-hydrogen) atoms. The Labute approximate surface area is 303 Å². The Hall–Kier alpha value is -4.08. The number of carbonyl (C=O) groups is 2. The van der Waals surface area contributed by atoms with Crippen molar-refractivity contribution in [2.75, 3.05) is 52.5 Å². The van der Waals surface area contributed by atoms with Gasteiger partial charge in [0.2, 0.25) is 11.8 Å². The summed E-state index contributed by atoms with van der Waals surface area (Å²) in [4.78, 5) is 32.0. The van der Waals surface area contributed by atoms with Gasteiger partial charge in [0.1, 0.15) is 24.7 Å². The molecule has 4 aliphatic rings. The molecular weight excluding hydrogens is 671 g/mol. The van der Waals surface area contributed by atoms with Crippen LogP contribution in [0.5, 0.6) is 11.5 Å². The third-order valence-electron chi connectivity index (χ3n) is 10.7. The van der Waals surface area contributed by atoms with Crippen LogP contribution in [0.1, 0.15) is 25.0 Å². The molecule has 0 atom stereocenters. The molecule has 2 saturated heterocycles. The summed E-state index contributed by atoms with van der Waals surface area (Å²) in [7, 11) is 0. The van der Waals surface area contributed by atoms with E-state index in [9.17, 15) is 9.59 Å². The number of benzene rings is 4. The highest BCUT2D eigenvalue weighted by atomic mass is 35.5. The summed E-state index contributed by atoms with van der Waals surface area (Å²) >= 11 is 14.4. The molecule has 0 saturated carbocycles. The van der Waals surface area contributed by atoms with E-state index in [0.29, 0.717) is 35.3 Å². The maximum absolute atomic E-state index is 11.7. The summed E-state index contributed by atoms with van der Waals surface area (Å²) in [5.74, 6) is 2.01. The second-order valence-electron chi connectivity index (χ2n) is 13.8. The molecule has 258 valence electrons. The monoisotopic (exact) mass is 710 g/mol. The van der Waals surface area contributed by atoms with E-state index in [1.54, 1.807) is 13.8 Å². The topological polar surface area (TPSA) is 65.6 Å². The number of halogens is 2. The molecule has 2 amide bonds. The van der Waals surface area contributed by atoms with Gasteiger partial charge in [0, 0.05) is 112 Å². The van der Waals surface area contributed by atoms with Gasteiger partial charge in [0.25, 0.3) is 0 Å². The molecule has 4 aliphatic heterocycles. The van der Waals surface area contributed by atoms with E-state index in [1.165, 1.54) is 0 Å². The van der Waals surface area contributed by atoms with Crippen LogP contribution in [0.4, 0.5) is 0 Å². The van der Waals surface area contributed by atoms with Crippen LogP contribution in [0.3, 0.4) is 0 Å². The zero-order valence-corrected chi connectivity index (χ0v) is 29.8. The fourth-order valence-corrected chi connectivity index (χ4v) is 8.23. The van der Waals surface area contributed by atoms with Crippen LogP contribution in [0.2, 0.25) is 10.0 Å². The summed E-state index contributed by atoms with van der Waals surface area (Å²) in [5, 5.41) is 1.26. The van der Waals surface area contributed by atoms with E-state index in [4.69, 9.17) is 32.7 Å². The predicted octanol–water partition coefficient (Wildman–Crippen LogP) is 6.84. The predicted molar refractivity (Wildman–Crippen MR) is 197 cm³/mol. The van der Waals surface area contributed by atoms with Crippen molar-refractivity contribution in [3.8, 4) is 44.9 Å². The molecular formula is C40H40Cl2N4O4. The fourth-order valence-electron chi connectivity index (χ4n) is 7.55. The summed E-state index contributed by atoms with van der Waals surface area (Å²) < 4.78 is 12.5. The summed E-state index contributed by atoms with van der Waals surface area (Å²) in [5.41, 5.74) is 7.78. The van der Waals surface area contributed by atoms with Crippen LogP contribution in [-0.4, -0.2) is 96.0 Å². The van der Waals surface area contributed by atoms with E-state index in [0.717, 1.165) is 108 Å². The van der Waals surface area contributed by atoms with Gasteiger partial charge in [0.15, 0.2) is 0 Å². The van der Waals surface area contributed by atoms with Crippen molar-refractivity contribution in [1.29, 1.82) is 0 Å². The molecule has 4 aromatic carbocycles. The van der Waals surface area contributed by atoms with E-state index >= 15 is 0 Å². The lowest BCUT2D eigenvalue weighted by atomic mass is 9.94. The number of ether oxygens (including phenoxy) is 2. The second-order valence-corrected chi connectivity index (χ2v) is 14.5. The van der Waals surface area contributed by atoms with E-state index in [-0.39, 0.29) is 11.8 Å². The lowest BCUT2D eigenvalue weighted by Gasteiger charge is -2.44. The first-order valence-corrected chi connectivity index (χ1v) is 18.1. The number of carbonyl (C=O) groups excluding carboxylic acids is 2. The first-order chi connectivity index (χ1) is 24.2. The smallest absolute Gasteiger partial charge is 0.219 e. The van der Waals surface area contributed by atoms with Gasteiger partial charge in [-0.05, 0) is 23.3 Å². The highest BCUT2D eigenvalue weighted by Gasteiger charge is 2.35. The second kappa shape index (κ2) is 13.6. The molecule has 0 radical (unpaired) electrons. The lowest BCUT2D eigenvalue weighted by Crippen LogP contribution is -2.60. The molecule has 8 rings (SSSR count). The molecule has 4 heterocycles. The zero-order valence-electron chi connectivity index (χ0n) is 28.3. The average Bonchev–Trinajstić information content (AvgIpc) is 3.39. The summed E-state index contributed by atoms with van der Waals surface area (Å²) in [6, 6.07) is 25.5. The number of fused-ring (bicyclic) bond motifs is 2. The van der Waals surface area contributed by atoms with Crippen LogP contribution >= 0.6 is 23.2 Å². The molecule has 0 aromatic heterocycles. The highest BCUT2D eigenvalue weighted by molar-refractivity contribution is 6.39. The number of hydrogen-bond acceptors (Lipinski definition) is 6. The number of likely N-dealkylation sites (tertiary alicyclic amines) is 2. The van der Waals surface area contributed by atoms with Gasteiger partial charge >= 0.3 is 0 Å². The Morgan fingerprint density at radius 3 is 1.40 bits per heavy atom. The van der Waals surface area contributed by atoms with Crippen molar-refractivity contribution >= 4 is 35.0 Å². The standard InChI is InChI=1S/C40H40Cl2N4O4/c1-25(47)45-21-31(22-45)43-13-15-49-37-17-27(9-11-29(37)19-43)33-5-3-7-35(39(33)41)36-8-4-6-34(40(36)42)28-10-12-30-20-44(14-16-50-38(30)18-28)32-23-46(24-32)26(2)48/h3-12,17-18,31-32H,13-16,19-24H2,1-2H3. The zero-order chi connectivity index (χ0) is 34.5. The van der Waals surface area contributed by atoms with Crippen LogP contribution in [0.15, 0.2) is 72.8 Å². The van der Waals surface area contributed by atoms with Crippen molar-refractivity contribution in [2.24, 2.45) is 0 Å². The summed E-state index contributed by atoms with van der Waals surface area (Å²) in [6.45, 7) is 10.8. The van der Waals surface area contributed by atoms with E-state index in [1.807, 2.05) is 46.2 Å². The molecule has 8 nitrogen and oxygen atoms in total. The first kappa shape index (κ1) is 33.1. The third kappa shape index (κ3) is 6.23. The molecule has 0 N–H and O–H groups in total. The first-order valence-electron chi connectivity index (χ1n) is 17.3. The van der Waals surface area contributed by atoms with Crippen molar-refractivity contribution < 1.29 is 19.1 Å². The maximum atomic E-state index is 11.7. The molecule has 2 fully saturated rings. The average molecular weight is 712 g/mol. The Balaban J connectivity index is 1.03. The third-order valence-corrected chi connectivity index (χ3v) is 11.5. The van der Waals surface area contributed by atoms with Crippen LogP contribution in [0, 0.1) is 0 Å². The molecule has 0 bridgehead atoms. The number of amides is 2. The van der Waals surface area contributed by atoms with Crippen molar-refractivity contribution in [3.63, 3.8) is 0 Å².